The second-order valence-corrected chi connectivity index (χ2v) is 9.12. The second-order valence-electron chi connectivity index (χ2n) is 9.12. The van der Waals surface area contributed by atoms with E-state index in [1.54, 1.807) is 37.2 Å². The fourth-order valence-electron chi connectivity index (χ4n) is 4.03. The molecule has 1 saturated carbocycles. The van der Waals surface area contributed by atoms with Crippen molar-refractivity contribution in [2.45, 2.75) is 32.7 Å². The molecule has 2 aliphatic rings. The van der Waals surface area contributed by atoms with Gasteiger partial charge >= 0.3 is 6.03 Å². The van der Waals surface area contributed by atoms with Crippen LogP contribution in [0.5, 0.6) is 0 Å². The van der Waals surface area contributed by atoms with Crippen molar-refractivity contribution in [2.75, 3.05) is 43.9 Å². The molecule has 0 bridgehead atoms. The lowest BCUT2D eigenvalue weighted by Crippen LogP contribution is -2.48. The zero-order chi connectivity index (χ0) is 24.9. The Morgan fingerprint density at radius 1 is 1.29 bits per heavy atom. The van der Waals surface area contributed by atoms with E-state index in [1.807, 2.05) is 18.0 Å². The molecule has 9 nitrogen and oxygen atoms in total. The number of amides is 3. The molecular weight excluding hydrogens is 444 g/mol. The van der Waals surface area contributed by atoms with Crippen LogP contribution in [0.1, 0.15) is 46.9 Å². The highest BCUT2D eigenvalue weighted by molar-refractivity contribution is 6.00. The number of rotatable bonds is 7. The van der Waals surface area contributed by atoms with Crippen LogP contribution >= 0.6 is 0 Å². The van der Waals surface area contributed by atoms with E-state index < -0.39 is 6.03 Å². The van der Waals surface area contributed by atoms with Gasteiger partial charge in [0.05, 0.1) is 6.54 Å². The predicted molar refractivity (Wildman–Crippen MR) is 133 cm³/mol. The molecule has 1 aliphatic carbocycles. The average molecular weight is 475 g/mol. The van der Waals surface area contributed by atoms with Crippen LogP contribution in [0.4, 0.5) is 16.4 Å². The lowest BCUT2D eigenvalue weighted by atomic mass is 10.0. The Bertz CT molecular complexity index is 1200. The Morgan fingerprint density at radius 3 is 2.77 bits per heavy atom. The summed E-state index contributed by atoms with van der Waals surface area (Å²) in [4.78, 5) is 50.7. The monoisotopic (exact) mass is 474 g/mol. The first kappa shape index (κ1) is 24.4. The van der Waals surface area contributed by atoms with Gasteiger partial charge in [-0.1, -0.05) is 12.0 Å². The number of aldehydes is 1. The molecule has 2 aromatic heterocycles. The minimum Gasteiger partial charge on any atom is -0.336 e. The van der Waals surface area contributed by atoms with Crippen LogP contribution in [0.2, 0.25) is 0 Å². The van der Waals surface area contributed by atoms with E-state index in [1.165, 1.54) is 17.7 Å². The lowest BCUT2D eigenvalue weighted by Gasteiger charge is -2.32. The SMILES string of the molecule is CC#Cc1cnc(NC(=O)N(C)c2ccc(CN3CCN(C)CC3=O)c(C=O)n2)cc1CC1CC1. The minimum atomic E-state index is -0.421. The third-order valence-electron chi connectivity index (χ3n) is 6.32. The Morgan fingerprint density at radius 2 is 2.09 bits per heavy atom. The number of nitrogens with one attached hydrogen (secondary N) is 1. The highest BCUT2D eigenvalue weighted by Gasteiger charge is 2.24. The van der Waals surface area contributed by atoms with Gasteiger partial charge in [0.1, 0.15) is 17.3 Å². The quantitative estimate of drug-likeness (QED) is 0.489. The van der Waals surface area contributed by atoms with E-state index in [4.69, 9.17) is 0 Å². The molecule has 0 aromatic carbocycles. The van der Waals surface area contributed by atoms with Gasteiger partial charge in [0, 0.05) is 44.0 Å². The van der Waals surface area contributed by atoms with Crippen LogP contribution in [0, 0.1) is 17.8 Å². The maximum Gasteiger partial charge on any atom is 0.328 e. The first-order valence-corrected chi connectivity index (χ1v) is 11.8. The summed E-state index contributed by atoms with van der Waals surface area (Å²) in [5.41, 5.74) is 2.83. The molecule has 1 aliphatic heterocycles. The van der Waals surface area contributed by atoms with E-state index in [9.17, 15) is 14.4 Å². The molecule has 0 atom stereocenters. The van der Waals surface area contributed by atoms with Crippen molar-refractivity contribution < 1.29 is 14.4 Å². The van der Waals surface area contributed by atoms with Crippen LogP contribution < -0.4 is 10.2 Å². The van der Waals surface area contributed by atoms with E-state index in [-0.39, 0.29) is 11.6 Å². The van der Waals surface area contributed by atoms with Gasteiger partial charge in [0.25, 0.3) is 0 Å². The van der Waals surface area contributed by atoms with Gasteiger partial charge in [-0.3, -0.25) is 24.7 Å². The fraction of sp³-hybridized carbons (Fsp3) is 0.423. The van der Waals surface area contributed by atoms with Crippen LogP contribution in [0.15, 0.2) is 24.4 Å². The number of carbonyl (C=O) groups is 3. The lowest BCUT2D eigenvalue weighted by molar-refractivity contribution is -0.136. The third kappa shape index (κ3) is 6.03. The number of anilines is 2. The highest BCUT2D eigenvalue weighted by atomic mass is 16.2. The van der Waals surface area contributed by atoms with E-state index in [0.29, 0.717) is 49.0 Å². The maximum absolute atomic E-state index is 12.9. The molecule has 3 heterocycles. The molecule has 4 rings (SSSR count). The van der Waals surface area contributed by atoms with Crippen LogP contribution in [0.3, 0.4) is 0 Å². The molecule has 0 radical (unpaired) electrons. The summed E-state index contributed by atoms with van der Waals surface area (Å²) in [5, 5.41) is 2.81. The van der Waals surface area contributed by atoms with Crippen molar-refractivity contribution in [1.82, 2.24) is 19.8 Å². The van der Waals surface area contributed by atoms with Crippen molar-refractivity contribution in [1.29, 1.82) is 0 Å². The standard InChI is InChI=1S/C26H30N6O3/c1-4-5-19-14-27-23(13-21(19)12-18-6-7-18)29-26(35)31(3)24-9-8-20(22(17-33)28-24)15-32-11-10-30(2)16-25(32)34/h8-9,13-14,17-18H,6-7,10-12,15-16H2,1-3H3,(H,27,29,35). The number of hydrogen-bond donors (Lipinski definition) is 1. The van der Waals surface area contributed by atoms with Crippen molar-refractivity contribution in [2.24, 2.45) is 5.92 Å². The number of carbonyl (C=O) groups excluding carboxylic acids is 3. The van der Waals surface area contributed by atoms with Gasteiger partial charge in [-0.2, -0.15) is 0 Å². The van der Waals surface area contributed by atoms with Crippen LogP contribution in [-0.2, 0) is 17.8 Å². The van der Waals surface area contributed by atoms with E-state index in [0.717, 1.165) is 24.1 Å². The molecule has 182 valence electrons. The largest absolute Gasteiger partial charge is 0.336 e. The first-order chi connectivity index (χ1) is 16.9. The van der Waals surface area contributed by atoms with Gasteiger partial charge in [-0.15, -0.1) is 5.92 Å². The summed E-state index contributed by atoms with van der Waals surface area (Å²) in [6.07, 6.45) is 5.71. The zero-order valence-corrected chi connectivity index (χ0v) is 20.4. The zero-order valence-electron chi connectivity index (χ0n) is 20.4. The summed E-state index contributed by atoms with van der Waals surface area (Å²) in [5.74, 6) is 7.46. The minimum absolute atomic E-state index is 0.0145. The Hall–Kier alpha value is -3.77. The summed E-state index contributed by atoms with van der Waals surface area (Å²) < 4.78 is 0. The normalized spacial score (nSPS) is 15.9. The number of nitrogens with zero attached hydrogens (tertiary/aromatic N) is 5. The van der Waals surface area contributed by atoms with E-state index >= 15 is 0 Å². The van der Waals surface area contributed by atoms with Crippen molar-refractivity contribution in [3.05, 3.63) is 46.8 Å². The summed E-state index contributed by atoms with van der Waals surface area (Å²) >= 11 is 0. The van der Waals surface area contributed by atoms with Crippen LogP contribution in [-0.4, -0.2) is 71.7 Å². The topological polar surface area (TPSA) is 98.7 Å². The molecule has 0 spiro atoms. The van der Waals surface area contributed by atoms with Crippen molar-refractivity contribution in [3.8, 4) is 11.8 Å². The number of urea groups is 1. The first-order valence-electron chi connectivity index (χ1n) is 11.8. The highest BCUT2D eigenvalue weighted by Crippen LogP contribution is 2.33. The molecule has 1 N–H and O–H groups in total. The van der Waals surface area contributed by atoms with Crippen molar-refractivity contribution >= 4 is 29.9 Å². The third-order valence-corrected chi connectivity index (χ3v) is 6.32. The Labute approximate surface area is 205 Å². The van der Waals surface area contributed by atoms with Gasteiger partial charge < -0.3 is 4.90 Å². The van der Waals surface area contributed by atoms with Gasteiger partial charge in [0.2, 0.25) is 5.91 Å². The smallest absolute Gasteiger partial charge is 0.328 e. The molecule has 35 heavy (non-hydrogen) atoms. The molecule has 2 aromatic rings. The molecular formula is C26H30N6O3. The number of hydrogen-bond acceptors (Lipinski definition) is 6. The van der Waals surface area contributed by atoms with Gasteiger partial charge in [-0.25, -0.2) is 14.8 Å². The molecule has 9 heteroatoms. The second kappa shape index (κ2) is 10.7. The van der Waals surface area contributed by atoms with Gasteiger partial charge in [0.15, 0.2) is 6.29 Å². The fourth-order valence-corrected chi connectivity index (χ4v) is 4.03. The Kier molecular flexibility index (Phi) is 7.42. The molecule has 1 saturated heterocycles. The van der Waals surface area contributed by atoms with Crippen LogP contribution in [0.25, 0.3) is 0 Å². The Balaban J connectivity index is 1.46. The van der Waals surface area contributed by atoms with Gasteiger partial charge in [-0.05, 0) is 56.8 Å². The number of aromatic nitrogens is 2. The molecule has 3 amide bonds. The summed E-state index contributed by atoms with van der Waals surface area (Å²) in [6.45, 7) is 3.83. The average Bonchev–Trinajstić information content (AvgIpc) is 3.66. The summed E-state index contributed by atoms with van der Waals surface area (Å²) in [6, 6.07) is 4.88. The predicted octanol–water partition coefficient (Wildman–Crippen LogP) is 2.56. The molecule has 0 unspecified atom stereocenters. The maximum atomic E-state index is 12.9. The number of pyridine rings is 2. The molecule has 2 fully saturated rings. The van der Waals surface area contributed by atoms with E-state index in [2.05, 4.69) is 27.1 Å². The number of likely N-dealkylation sites (N-methyl/N-ethyl adjacent to an activating group) is 1. The van der Waals surface area contributed by atoms with Crippen molar-refractivity contribution in [3.63, 3.8) is 0 Å². The summed E-state index contributed by atoms with van der Waals surface area (Å²) in [7, 11) is 3.48. The number of piperazine rings is 1.